The lowest BCUT2D eigenvalue weighted by atomic mass is 9.64. The van der Waals surface area contributed by atoms with E-state index >= 15 is 0 Å². The average molecular weight is 322 g/mol. The fourth-order valence-corrected chi connectivity index (χ4v) is 4.86. The van der Waals surface area contributed by atoms with Crippen molar-refractivity contribution in [2.24, 2.45) is 17.3 Å². The van der Waals surface area contributed by atoms with Gasteiger partial charge >= 0.3 is 5.97 Å². The molecule has 5 heteroatoms. The monoisotopic (exact) mass is 322 g/mol. The Morgan fingerprint density at radius 1 is 1.39 bits per heavy atom. The highest BCUT2D eigenvalue weighted by Gasteiger charge is 2.72. The molecule has 1 aliphatic heterocycles. The van der Waals surface area contributed by atoms with Crippen molar-refractivity contribution >= 4 is 11.8 Å². The van der Waals surface area contributed by atoms with Crippen molar-refractivity contribution in [2.45, 2.75) is 64.3 Å². The molecular formula is C18H26O5. The van der Waals surface area contributed by atoms with E-state index in [9.17, 15) is 14.7 Å². The maximum atomic E-state index is 12.9. The SMILES string of the molecule is C=C1C(=O)O[C@@H]2[C@H]1CC[C@H](C)[C@]1(O)C(OCCC)CC(=O)[C@@]21C. The molecule has 1 unspecified atom stereocenters. The first-order valence-electron chi connectivity index (χ1n) is 8.55. The van der Waals surface area contributed by atoms with E-state index in [2.05, 4.69) is 6.58 Å². The standard InChI is InChI=1S/C18H26O5/c1-5-8-22-14-9-13(19)17(4)15-12(11(3)16(20)23-15)7-6-10(2)18(14,17)21/h10,12,14-15,21H,3,5-9H2,1-2,4H3/t10-,12-,14?,15+,17-,18-/m0/s1. The Bertz CT molecular complexity index is 556. The molecule has 128 valence electrons. The minimum Gasteiger partial charge on any atom is -0.457 e. The molecule has 6 atom stereocenters. The Balaban J connectivity index is 2.07. The molecule has 2 saturated carbocycles. The van der Waals surface area contributed by atoms with E-state index in [0.717, 1.165) is 6.42 Å². The summed E-state index contributed by atoms with van der Waals surface area (Å²) in [6.07, 6.45) is 1.22. The van der Waals surface area contributed by atoms with Crippen molar-refractivity contribution in [3.8, 4) is 0 Å². The van der Waals surface area contributed by atoms with E-state index in [1.165, 1.54) is 0 Å². The molecule has 1 N–H and O–H groups in total. The first-order valence-corrected chi connectivity index (χ1v) is 8.55. The summed E-state index contributed by atoms with van der Waals surface area (Å²) < 4.78 is 11.4. The lowest BCUT2D eigenvalue weighted by Gasteiger charge is -2.46. The van der Waals surface area contributed by atoms with Crippen LogP contribution in [0.1, 0.15) is 46.5 Å². The summed E-state index contributed by atoms with van der Waals surface area (Å²) >= 11 is 0. The van der Waals surface area contributed by atoms with Gasteiger partial charge in [-0.05, 0) is 32.1 Å². The molecule has 0 aromatic carbocycles. The van der Waals surface area contributed by atoms with Gasteiger partial charge in [-0.2, -0.15) is 0 Å². The number of esters is 1. The fraction of sp³-hybridized carbons (Fsp3) is 0.778. The fourth-order valence-electron chi connectivity index (χ4n) is 4.86. The summed E-state index contributed by atoms with van der Waals surface area (Å²) in [4.78, 5) is 24.9. The number of hydrogen-bond donors (Lipinski definition) is 1. The van der Waals surface area contributed by atoms with Crippen LogP contribution in [0, 0.1) is 17.3 Å². The van der Waals surface area contributed by atoms with Gasteiger partial charge in [0, 0.05) is 24.5 Å². The van der Waals surface area contributed by atoms with Crippen LogP contribution in [0.15, 0.2) is 12.2 Å². The maximum absolute atomic E-state index is 12.9. The van der Waals surface area contributed by atoms with Crippen LogP contribution in [0.4, 0.5) is 0 Å². The second kappa shape index (κ2) is 5.42. The van der Waals surface area contributed by atoms with Gasteiger partial charge in [-0.15, -0.1) is 0 Å². The minimum atomic E-state index is -1.32. The number of aliphatic hydroxyl groups is 1. The van der Waals surface area contributed by atoms with Gasteiger partial charge < -0.3 is 14.6 Å². The van der Waals surface area contributed by atoms with E-state index in [1.807, 2.05) is 13.8 Å². The topological polar surface area (TPSA) is 72.8 Å². The summed E-state index contributed by atoms with van der Waals surface area (Å²) in [6, 6.07) is 0. The molecule has 1 saturated heterocycles. The number of ether oxygens (including phenoxy) is 2. The molecule has 0 bridgehead atoms. The van der Waals surface area contributed by atoms with Crippen LogP contribution in [0.5, 0.6) is 0 Å². The van der Waals surface area contributed by atoms with E-state index in [-0.39, 0.29) is 24.0 Å². The number of carbonyl (C=O) groups is 2. The molecule has 1 heterocycles. The number of hydrogen-bond acceptors (Lipinski definition) is 5. The van der Waals surface area contributed by atoms with Gasteiger partial charge in [0.05, 0.1) is 11.5 Å². The molecule has 3 aliphatic rings. The number of carbonyl (C=O) groups excluding carboxylic acids is 2. The third-order valence-corrected chi connectivity index (χ3v) is 6.34. The Kier molecular flexibility index (Phi) is 3.92. The number of rotatable bonds is 3. The molecule has 0 aromatic rings. The largest absolute Gasteiger partial charge is 0.457 e. The third kappa shape index (κ3) is 1.99. The lowest BCUT2D eigenvalue weighted by molar-refractivity contribution is -0.197. The van der Waals surface area contributed by atoms with Crippen LogP contribution in [-0.2, 0) is 19.1 Å². The molecule has 0 amide bonds. The zero-order valence-electron chi connectivity index (χ0n) is 14.1. The quantitative estimate of drug-likeness (QED) is 0.636. The molecular weight excluding hydrogens is 296 g/mol. The van der Waals surface area contributed by atoms with E-state index in [0.29, 0.717) is 25.0 Å². The van der Waals surface area contributed by atoms with E-state index in [4.69, 9.17) is 9.47 Å². The van der Waals surface area contributed by atoms with Gasteiger partial charge in [0.2, 0.25) is 0 Å². The molecule has 0 radical (unpaired) electrons. The molecule has 2 aliphatic carbocycles. The van der Waals surface area contributed by atoms with Crippen molar-refractivity contribution in [2.75, 3.05) is 6.61 Å². The molecule has 3 rings (SSSR count). The van der Waals surface area contributed by atoms with Crippen molar-refractivity contribution in [3.63, 3.8) is 0 Å². The molecule has 3 fully saturated rings. The van der Waals surface area contributed by atoms with Gasteiger partial charge in [-0.1, -0.05) is 20.4 Å². The van der Waals surface area contributed by atoms with E-state index < -0.39 is 29.2 Å². The van der Waals surface area contributed by atoms with Crippen LogP contribution in [0.3, 0.4) is 0 Å². The number of ketones is 1. The van der Waals surface area contributed by atoms with Crippen LogP contribution < -0.4 is 0 Å². The first-order chi connectivity index (χ1) is 10.8. The Morgan fingerprint density at radius 2 is 2.09 bits per heavy atom. The van der Waals surface area contributed by atoms with Crippen molar-refractivity contribution in [1.82, 2.24) is 0 Å². The molecule has 23 heavy (non-hydrogen) atoms. The first kappa shape index (κ1) is 16.7. The molecule has 5 nitrogen and oxygen atoms in total. The normalized spacial score (nSPS) is 46.3. The van der Waals surface area contributed by atoms with E-state index in [1.54, 1.807) is 6.92 Å². The summed E-state index contributed by atoms with van der Waals surface area (Å²) in [7, 11) is 0. The van der Waals surface area contributed by atoms with Crippen LogP contribution >= 0.6 is 0 Å². The second-order valence-corrected chi connectivity index (χ2v) is 7.45. The Hall–Kier alpha value is -1.20. The molecule has 0 spiro atoms. The summed E-state index contributed by atoms with van der Waals surface area (Å²) in [5.41, 5.74) is -2.02. The Morgan fingerprint density at radius 3 is 2.74 bits per heavy atom. The summed E-state index contributed by atoms with van der Waals surface area (Å²) in [6.45, 7) is 10.1. The predicted molar refractivity (Wildman–Crippen MR) is 83.6 cm³/mol. The predicted octanol–water partition coefficient (Wildman–Crippen LogP) is 2.02. The Labute approximate surface area is 137 Å². The van der Waals surface area contributed by atoms with Gasteiger partial charge in [0.15, 0.2) is 0 Å². The van der Waals surface area contributed by atoms with Gasteiger partial charge in [0.25, 0.3) is 0 Å². The van der Waals surface area contributed by atoms with Gasteiger partial charge in [-0.25, -0.2) is 4.79 Å². The third-order valence-electron chi connectivity index (χ3n) is 6.34. The minimum absolute atomic E-state index is 0.0765. The van der Waals surface area contributed by atoms with Gasteiger partial charge in [-0.3, -0.25) is 4.79 Å². The van der Waals surface area contributed by atoms with Crippen molar-refractivity contribution in [1.29, 1.82) is 0 Å². The highest BCUT2D eigenvalue weighted by atomic mass is 16.6. The number of Topliss-reactive ketones (excluding diaryl/α,β-unsaturated/α-hetero) is 1. The average Bonchev–Trinajstić information content (AvgIpc) is 2.88. The van der Waals surface area contributed by atoms with Crippen LogP contribution in [0.25, 0.3) is 0 Å². The highest BCUT2D eigenvalue weighted by Crippen LogP contribution is 2.59. The highest BCUT2D eigenvalue weighted by molar-refractivity contribution is 5.95. The van der Waals surface area contributed by atoms with Crippen molar-refractivity contribution in [3.05, 3.63) is 12.2 Å². The maximum Gasteiger partial charge on any atom is 0.334 e. The molecule has 0 aromatic heterocycles. The second-order valence-electron chi connectivity index (χ2n) is 7.45. The summed E-state index contributed by atoms with van der Waals surface area (Å²) in [5, 5.41) is 11.6. The van der Waals surface area contributed by atoms with Crippen LogP contribution in [0.2, 0.25) is 0 Å². The zero-order chi connectivity index (χ0) is 17.0. The lowest BCUT2D eigenvalue weighted by Crippen LogP contribution is -2.60. The van der Waals surface area contributed by atoms with Gasteiger partial charge in [0.1, 0.15) is 17.5 Å². The summed E-state index contributed by atoms with van der Waals surface area (Å²) in [5.74, 6) is -0.827. The zero-order valence-corrected chi connectivity index (χ0v) is 14.1. The van der Waals surface area contributed by atoms with Crippen LogP contribution in [-0.4, -0.2) is 41.3 Å². The van der Waals surface area contributed by atoms with Crippen molar-refractivity contribution < 1.29 is 24.2 Å². The smallest absolute Gasteiger partial charge is 0.334 e. The number of fused-ring (bicyclic) bond motifs is 3.